The summed E-state index contributed by atoms with van der Waals surface area (Å²) in [5.74, 6) is 1.75. The van der Waals surface area contributed by atoms with Crippen molar-refractivity contribution < 1.29 is 4.79 Å². The zero-order valence-corrected chi connectivity index (χ0v) is 14.3. The van der Waals surface area contributed by atoms with Crippen LogP contribution in [0.15, 0.2) is 43.0 Å². The number of anilines is 1. The van der Waals surface area contributed by atoms with Gasteiger partial charge < -0.3 is 9.80 Å². The van der Waals surface area contributed by atoms with E-state index in [1.54, 1.807) is 12.4 Å². The van der Waals surface area contributed by atoms with E-state index in [2.05, 4.69) is 24.8 Å². The lowest BCUT2D eigenvalue weighted by atomic mass is 9.83. The molecule has 25 heavy (non-hydrogen) atoms. The topological polar surface area (TPSA) is 62.2 Å². The van der Waals surface area contributed by atoms with Crippen LogP contribution in [0.25, 0.3) is 0 Å². The molecule has 0 bridgehead atoms. The summed E-state index contributed by atoms with van der Waals surface area (Å²) in [4.78, 5) is 29.9. The maximum absolute atomic E-state index is 12.5. The minimum absolute atomic E-state index is 0.296. The van der Waals surface area contributed by atoms with Crippen LogP contribution in [0.5, 0.6) is 0 Å². The van der Waals surface area contributed by atoms with Gasteiger partial charge in [0.05, 0.1) is 6.20 Å². The Morgan fingerprint density at radius 2 is 2.08 bits per heavy atom. The van der Waals surface area contributed by atoms with Crippen LogP contribution in [-0.4, -0.2) is 51.4 Å². The third kappa shape index (κ3) is 3.48. The number of hydrogen-bond acceptors (Lipinski definition) is 5. The number of carbonyl (C=O) groups is 1. The summed E-state index contributed by atoms with van der Waals surface area (Å²) >= 11 is 0. The van der Waals surface area contributed by atoms with Gasteiger partial charge in [-0.25, -0.2) is 4.98 Å². The number of piperidine rings is 2. The fourth-order valence-electron chi connectivity index (χ4n) is 4.09. The highest BCUT2D eigenvalue weighted by molar-refractivity contribution is 5.77. The van der Waals surface area contributed by atoms with Crippen LogP contribution in [0.4, 0.5) is 5.82 Å². The van der Waals surface area contributed by atoms with Crippen molar-refractivity contribution in [1.29, 1.82) is 0 Å². The van der Waals surface area contributed by atoms with Gasteiger partial charge in [0, 0.05) is 62.8 Å². The molecule has 2 aromatic heterocycles. The molecule has 2 aromatic rings. The Labute approximate surface area is 147 Å². The molecule has 130 valence electrons. The van der Waals surface area contributed by atoms with E-state index in [4.69, 9.17) is 0 Å². The van der Waals surface area contributed by atoms with E-state index in [1.165, 1.54) is 0 Å². The van der Waals surface area contributed by atoms with E-state index >= 15 is 0 Å². The molecule has 6 heteroatoms. The van der Waals surface area contributed by atoms with Crippen molar-refractivity contribution in [1.82, 2.24) is 19.9 Å². The van der Waals surface area contributed by atoms with Crippen LogP contribution in [0.3, 0.4) is 0 Å². The lowest BCUT2D eigenvalue weighted by Gasteiger charge is -2.47. The van der Waals surface area contributed by atoms with Gasteiger partial charge in [-0.1, -0.05) is 6.07 Å². The molecular weight excluding hydrogens is 314 g/mol. The summed E-state index contributed by atoms with van der Waals surface area (Å²) in [6.45, 7) is 2.64. The summed E-state index contributed by atoms with van der Waals surface area (Å²) in [5.41, 5.74) is 1.05. The zero-order valence-electron chi connectivity index (χ0n) is 14.3. The average Bonchev–Trinajstić information content (AvgIpc) is 2.68. The van der Waals surface area contributed by atoms with E-state index in [1.807, 2.05) is 30.6 Å². The molecule has 0 aromatic carbocycles. The number of nitrogens with zero attached hydrogens (tertiary/aromatic N) is 5. The Balaban J connectivity index is 1.43. The van der Waals surface area contributed by atoms with Crippen LogP contribution in [0.2, 0.25) is 0 Å². The first-order valence-electron chi connectivity index (χ1n) is 9.01. The highest BCUT2D eigenvalue weighted by Crippen LogP contribution is 2.32. The fraction of sp³-hybridized carbons (Fsp3) is 0.474. The Hall–Kier alpha value is -2.50. The van der Waals surface area contributed by atoms with Gasteiger partial charge in [-0.05, 0) is 30.9 Å². The molecule has 1 amide bonds. The number of pyridine rings is 1. The predicted octanol–water partition coefficient (Wildman–Crippen LogP) is 1.93. The van der Waals surface area contributed by atoms with Gasteiger partial charge in [0.1, 0.15) is 5.82 Å². The molecular formula is C19H23N5O. The summed E-state index contributed by atoms with van der Waals surface area (Å²) in [6, 6.07) is 6.30. The van der Waals surface area contributed by atoms with E-state index in [9.17, 15) is 4.79 Å². The van der Waals surface area contributed by atoms with Crippen molar-refractivity contribution in [2.45, 2.75) is 31.7 Å². The van der Waals surface area contributed by atoms with Crippen LogP contribution < -0.4 is 4.90 Å². The molecule has 2 fully saturated rings. The van der Waals surface area contributed by atoms with Crippen LogP contribution in [-0.2, 0) is 11.2 Å². The molecule has 0 radical (unpaired) electrons. The third-order valence-corrected chi connectivity index (χ3v) is 5.35. The number of amides is 1. The van der Waals surface area contributed by atoms with Crippen molar-refractivity contribution in [3.63, 3.8) is 0 Å². The van der Waals surface area contributed by atoms with Gasteiger partial charge in [-0.3, -0.25) is 14.8 Å². The van der Waals surface area contributed by atoms with E-state index < -0.39 is 0 Å². The van der Waals surface area contributed by atoms with Crippen LogP contribution in [0, 0.1) is 5.92 Å². The monoisotopic (exact) mass is 337 g/mol. The Morgan fingerprint density at radius 1 is 1.12 bits per heavy atom. The molecule has 0 N–H and O–H groups in total. The van der Waals surface area contributed by atoms with E-state index in [-0.39, 0.29) is 0 Å². The summed E-state index contributed by atoms with van der Waals surface area (Å²) in [6.07, 6.45) is 10.5. The number of fused-ring (bicyclic) bond motifs is 1. The molecule has 2 aliphatic rings. The molecule has 6 nitrogen and oxygen atoms in total. The number of carbonyl (C=O) groups excluding carboxylic acids is 1. The van der Waals surface area contributed by atoms with Gasteiger partial charge in [-0.2, -0.15) is 0 Å². The quantitative estimate of drug-likeness (QED) is 0.853. The van der Waals surface area contributed by atoms with Crippen LogP contribution >= 0.6 is 0 Å². The lowest BCUT2D eigenvalue weighted by Crippen LogP contribution is -2.56. The highest BCUT2D eigenvalue weighted by Gasteiger charge is 2.39. The largest absolute Gasteiger partial charge is 0.355 e. The molecule has 0 spiro atoms. The van der Waals surface area contributed by atoms with Gasteiger partial charge >= 0.3 is 0 Å². The standard InChI is InChI=1S/C19H23N5O/c25-19-5-4-15-14-23(18-13-20-9-10-22-18)11-7-17(15)24(19)12-6-16-3-1-2-8-21-16/h1-3,8-10,13,15,17H,4-7,11-12,14H2/t15-,17+/m1/s1. The van der Waals surface area contributed by atoms with Gasteiger partial charge in [0.15, 0.2) is 0 Å². The van der Waals surface area contributed by atoms with Crippen molar-refractivity contribution in [2.75, 3.05) is 24.5 Å². The second-order valence-electron chi connectivity index (χ2n) is 6.82. The molecule has 4 rings (SSSR count). The lowest BCUT2D eigenvalue weighted by molar-refractivity contribution is -0.139. The number of likely N-dealkylation sites (tertiary alicyclic amines) is 1. The molecule has 0 unspecified atom stereocenters. The maximum Gasteiger partial charge on any atom is 0.222 e. The van der Waals surface area contributed by atoms with Crippen molar-refractivity contribution >= 4 is 11.7 Å². The first kappa shape index (κ1) is 16.0. The van der Waals surface area contributed by atoms with E-state index in [0.29, 0.717) is 24.3 Å². The number of hydrogen-bond donors (Lipinski definition) is 0. The van der Waals surface area contributed by atoms with Gasteiger partial charge in [0.2, 0.25) is 5.91 Å². The Morgan fingerprint density at radius 3 is 2.88 bits per heavy atom. The summed E-state index contributed by atoms with van der Waals surface area (Å²) in [7, 11) is 0. The second kappa shape index (κ2) is 7.17. The van der Waals surface area contributed by atoms with Crippen LogP contribution in [0.1, 0.15) is 25.0 Å². The minimum Gasteiger partial charge on any atom is -0.355 e. The van der Waals surface area contributed by atoms with Crippen molar-refractivity contribution in [3.05, 3.63) is 48.7 Å². The first-order valence-corrected chi connectivity index (χ1v) is 9.01. The highest BCUT2D eigenvalue weighted by atomic mass is 16.2. The molecule has 2 atom stereocenters. The molecule has 0 aliphatic carbocycles. The summed E-state index contributed by atoms with van der Waals surface area (Å²) in [5, 5.41) is 0. The Bertz CT molecular complexity index is 708. The van der Waals surface area contributed by atoms with Gasteiger partial charge in [-0.15, -0.1) is 0 Å². The third-order valence-electron chi connectivity index (χ3n) is 5.35. The number of aromatic nitrogens is 3. The molecule has 2 aliphatic heterocycles. The number of rotatable bonds is 4. The van der Waals surface area contributed by atoms with Crippen molar-refractivity contribution in [2.24, 2.45) is 5.92 Å². The predicted molar refractivity (Wildman–Crippen MR) is 95.0 cm³/mol. The Kier molecular flexibility index (Phi) is 4.59. The zero-order chi connectivity index (χ0) is 17.1. The minimum atomic E-state index is 0.296. The van der Waals surface area contributed by atoms with E-state index in [0.717, 1.165) is 50.4 Å². The molecule has 4 heterocycles. The normalized spacial score (nSPS) is 23.4. The van der Waals surface area contributed by atoms with Gasteiger partial charge in [0.25, 0.3) is 0 Å². The smallest absolute Gasteiger partial charge is 0.222 e. The molecule has 0 saturated carbocycles. The molecule has 2 saturated heterocycles. The van der Waals surface area contributed by atoms with Crippen molar-refractivity contribution in [3.8, 4) is 0 Å². The maximum atomic E-state index is 12.5. The summed E-state index contributed by atoms with van der Waals surface area (Å²) < 4.78 is 0. The fourth-order valence-corrected chi connectivity index (χ4v) is 4.09. The average molecular weight is 337 g/mol. The SMILES string of the molecule is O=C1CC[C@@H]2CN(c3cnccn3)CC[C@@H]2N1CCc1ccccn1. The second-order valence-corrected chi connectivity index (χ2v) is 6.82. The first-order chi connectivity index (χ1) is 12.3.